The van der Waals surface area contributed by atoms with Gasteiger partial charge in [-0.1, -0.05) is 73.8 Å². The maximum absolute atomic E-state index is 14.2. The van der Waals surface area contributed by atoms with Gasteiger partial charge in [0.25, 0.3) is 0 Å². The summed E-state index contributed by atoms with van der Waals surface area (Å²) in [6, 6.07) is 13.2. The van der Waals surface area contributed by atoms with Crippen LogP contribution in [0.15, 0.2) is 42.5 Å². The number of aryl methyl sites for hydroxylation is 1. The maximum atomic E-state index is 14.2. The molecule has 0 amide bonds. The fourth-order valence-electron chi connectivity index (χ4n) is 2.57. The SMILES string of the molecule is Cc1ccccc1C(CBr)(CBr)Cc1ccc(Cl)cc1F. The van der Waals surface area contributed by atoms with E-state index in [1.807, 2.05) is 12.1 Å². The maximum Gasteiger partial charge on any atom is 0.127 e. The molecule has 0 saturated heterocycles. The molecule has 0 saturated carbocycles. The molecule has 2 rings (SSSR count). The molecule has 0 aliphatic heterocycles. The van der Waals surface area contributed by atoms with Crippen LogP contribution in [0.25, 0.3) is 0 Å². The molecule has 0 unspecified atom stereocenters. The molecule has 21 heavy (non-hydrogen) atoms. The van der Waals surface area contributed by atoms with Crippen LogP contribution in [-0.2, 0) is 11.8 Å². The van der Waals surface area contributed by atoms with Crippen molar-refractivity contribution in [1.29, 1.82) is 0 Å². The number of hydrogen-bond acceptors (Lipinski definition) is 0. The normalized spacial score (nSPS) is 11.7. The van der Waals surface area contributed by atoms with Crippen LogP contribution in [0, 0.1) is 12.7 Å². The third-order valence-electron chi connectivity index (χ3n) is 3.77. The highest BCUT2D eigenvalue weighted by molar-refractivity contribution is 9.09. The largest absolute Gasteiger partial charge is 0.207 e. The Hall–Kier alpha value is -0.380. The first kappa shape index (κ1) is 17.0. The van der Waals surface area contributed by atoms with Gasteiger partial charge in [-0.15, -0.1) is 0 Å². The molecule has 112 valence electrons. The third-order valence-corrected chi connectivity index (χ3v) is 6.15. The number of rotatable bonds is 5. The van der Waals surface area contributed by atoms with E-state index in [1.165, 1.54) is 17.2 Å². The molecular weight excluding hydrogens is 418 g/mol. The standard InChI is InChI=1S/C17H16Br2ClF/c1-12-4-2-3-5-15(12)17(10-18,11-19)9-13-6-7-14(20)8-16(13)21/h2-8H,9-11H2,1H3. The molecule has 0 atom stereocenters. The molecule has 2 aromatic carbocycles. The lowest BCUT2D eigenvalue weighted by atomic mass is 9.77. The van der Waals surface area contributed by atoms with E-state index in [2.05, 4.69) is 50.9 Å². The molecule has 2 aromatic rings. The molecule has 0 aliphatic carbocycles. The van der Waals surface area contributed by atoms with Crippen LogP contribution in [0.4, 0.5) is 4.39 Å². The van der Waals surface area contributed by atoms with E-state index >= 15 is 0 Å². The zero-order valence-corrected chi connectivity index (χ0v) is 15.6. The zero-order chi connectivity index (χ0) is 15.5. The van der Waals surface area contributed by atoms with E-state index < -0.39 is 0 Å². The van der Waals surface area contributed by atoms with Crippen molar-refractivity contribution in [3.63, 3.8) is 0 Å². The van der Waals surface area contributed by atoms with Crippen molar-refractivity contribution >= 4 is 43.5 Å². The highest BCUT2D eigenvalue weighted by Gasteiger charge is 2.32. The molecule has 0 heterocycles. The average molecular weight is 435 g/mol. The van der Waals surface area contributed by atoms with Gasteiger partial charge in [0.15, 0.2) is 0 Å². The smallest absolute Gasteiger partial charge is 0.127 e. The summed E-state index contributed by atoms with van der Waals surface area (Å²) in [7, 11) is 0. The Kier molecular flexibility index (Phi) is 5.87. The lowest BCUT2D eigenvalue weighted by Gasteiger charge is -2.32. The molecule has 0 N–H and O–H groups in total. The van der Waals surface area contributed by atoms with Gasteiger partial charge in [0, 0.05) is 21.1 Å². The van der Waals surface area contributed by atoms with Gasteiger partial charge in [-0.25, -0.2) is 4.39 Å². The van der Waals surface area contributed by atoms with Crippen molar-refractivity contribution in [2.24, 2.45) is 0 Å². The monoisotopic (exact) mass is 432 g/mol. The van der Waals surface area contributed by atoms with Gasteiger partial charge in [-0.2, -0.15) is 0 Å². The van der Waals surface area contributed by atoms with Gasteiger partial charge >= 0.3 is 0 Å². The quantitative estimate of drug-likeness (QED) is 0.502. The van der Waals surface area contributed by atoms with Crippen LogP contribution in [0.3, 0.4) is 0 Å². The second-order valence-electron chi connectivity index (χ2n) is 5.28. The summed E-state index contributed by atoms with van der Waals surface area (Å²) in [4.78, 5) is 0. The van der Waals surface area contributed by atoms with E-state index in [-0.39, 0.29) is 11.2 Å². The average Bonchev–Trinajstić information content (AvgIpc) is 2.48. The van der Waals surface area contributed by atoms with Gasteiger partial charge in [0.05, 0.1) is 0 Å². The van der Waals surface area contributed by atoms with Crippen LogP contribution >= 0.6 is 43.5 Å². The summed E-state index contributed by atoms with van der Waals surface area (Å²) < 4.78 is 14.2. The van der Waals surface area contributed by atoms with Gasteiger partial charge < -0.3 is 0 Å². The minimum atomic E-state index is -0.248. The number of halogens is 4. The van der Waals surface area contributed by atoms with Crippen LogP contribution < -0.4 is 0 Å². The van der Waals surface area contributed by atoms with Crippen LogP contribution in [0.1, 0.15) is 16.7 Å². The van der Waals surface area contributed by atoms with Gasteiger partial charge in [0.2, 0.25) is 0 Å². The highest BCUT2D eigenvalue weighted by atomic mass is 79.9. The molecule has 0 spiro atoms. The van der Waals surface area contributed by atoms with E-state index in [4.69, 9.17) is 11.6 Å². The first-order valence-corrected chi connectivity index (χ1v) is 9.26. The second kappa shape index (κ2) is 7.26. The van der Waals surface area contributed by atoms with Crippen LogP contribution in [0.2, 0.25) is 5.02 Å². The Morgan fingerprint density at radius 2 is 1.76 bits per heavy atom. The summed E-state index contributed by atoms with van der Waals surface area (Å²) in [5.41, 5.74) is 2.93. The molecule has 0 bridgehead atoms. The fourth-order valence-corrected chi connectivity index (χ4v) is 4.65. The van der Waals surface area contributed by atoms with Gasteiger partial charge in [-0.3, -0.25) is 0 Å². The van der Waals surface area contributed by atoms with Crippen molar-refractivity contribution < 1.29 is 4.39 Å². The van der Waals surface area contributed by atoms with Crippen molar-refractivity contribution in [3.8, 4) is 0 Å². The minimum absolute atomic E-state index is 0.194. The topological polar surface area (TPSA) is 0 Å². The highest BCUT2D eigenvalue weighted by Crippen LogP contribution is 2.35. The summed E-state index contributed by atoms with van der Waals surface area (Å²) in [5, 5.41) is 1.92. The first-order chi connectivity index (χ1) is 10.0. The minimum Gasteiger partial charge on any atom is -0.207 e. The predicted octanol–water partition coefficient (Wildman–Crippen LogP) is 6.06. The van der Waals surface area contributed by atoms with Crippen molar-refractivity contribution in [3.05, 3.63) is 70.0 Å². The van der Waals surface area contributed by atoms with Crippen molar-refractivity contribution in [2.75, 3.05) is 10.7 Å². The summed E-state index contributed by atoms with van der Waals surface area (Å²) in [6.45, 7) is 2.09. The summed E-state index contributed by atoms with van der Waals surface area (Å²) in [6.07, 6.45) is 0.608. The predicted molar refractivity (Wildman–Crippen MR) is 95.6 cm³/mol. The Balaban J connectivity index is 2.46. The Morgan fingerprint density at radius 1 is 1.10 bits per heavy atom. The Bertz CT molecular complexity index is 624. The number of hydrogen-bond donors (Lipinski definition) is 0. The summed E-state index contributed by atoms with van der Waals surface area (Å²) >= 11 is 13.1. The van der Waals surface area contributed by atoms with Crippen LogP contribution in [0.5, 0.6) is 0 Å². The Morgan fingerprint density at radius 3 is 2.33 bits per heavy atom. The first-order valence-electron chi connectivity index (χ1n) is 6.64. The molecule has 4 heteroatoms. The van der Waals surface area contributed by atoms with Crippen molar-refractivity contribution in [2.45, 2.75) is 18.8 Å². The summed E-state index contributed by atoms with van der Waals surface area (Å²) in [5.74, 6) is -0.248. The van der Waals surface area contributed by atoms with Gasteiger partial charge in [-0.05, 0) is 42.2 Å². The van der Waals surface area contributed by atoms with E-state index in [9.17, 15) is 4.39 Å². The van der Waals surface area contributed by atoms with E-state index in [1.54, 1.807) is 12.1 Å². The van der Waals surface area contributed by atoms with Crippen LogP contribution in [-0.4, -0.2) is 10.7 Å². The number of alkyl halides is 2. The van der Waals surface area contributed by atoms with Gasteiger partial charge in [0.1, 0.15) is 5.82 Å². The molecule has 0 aliphatic rings. The van der Waals surface area contributed by atoms with Crippen molar-refractivity contribution in [1.82, 2.24) is 0 Å². The zero-order valence-electron chi connectivity index (χ0n) is 11.7. The van der Waals surface area contributed by atoms with E-state index in [0.717, 1.165) is 10.7 Å². The third kappa shape index (κ3) is 3.69. The second-order valence-corrected chi connectivity index (χ2v) is 6.83. The van der Waals surface area contributed by atoms with E-state index in [0.29, 0.717) is 17.0 Å². The molecule has 0 fully saturated rings. The molecule has 0 nitrogen and oxygen atoms in total. The molecule has 0 aromatic heterocycles. The molecule has 0 radical (unpaired) electrons. The fraction of sp³-hybridized carbons (Fsp3) is 0.294. The lowest BCUT2D eigenvalue weighted by Crippen LogP contribution is -2.34. The lowest BCUT2D eigenvalue weighted by molar-refractivity contribution is 0.520. The molecular formula is C17H16Br2ClF. The number of benzene rings is 2. The Labute approximate surface area is 147 Å².